The van der Waals surface area contributed by atoms with Gasteiger partial charge in [0.05, 0.1) is 12.2 Å². The molecule has 4 aliphatic rings. The van der Waals surface area contributed by atoms with Crippen LogP contribution in [-0.4, -0.2) is 22.4 Å². The molecule has 3 fully saturated rings. The van der Waals surface area contributed by atoms with Gasteiger partial charge in [0.1, 0.15) is 0 Å². The van der Waals surface area contributed by atoms with Crippen molar-refractivity contribution in [2.75, 3.05) is 0 Å². The van der Waals surface area contributed by atoms with E-state index in [0.717, 1.165) is 61.7 Å². The summed E-state index contributed by atoms with van der Waals surface area (Å²) in [5.41, 5.74) is 2.05. The minimum absolute atomic E-state index is 0.0823. The molecule has 0 heterocycles. The van der Waals surface area contributed by atoms with Crippen molar-refractivity contribution in [3.8, 4) is 0 Å². The Morgan fingerprint density at radius 3 is 2.67 bits per heavy atom. The zero-order chi connectivity index (χ0) is 19.2. The number of rotatable bonds is 5. The highest BCUT2D eigenvalue weighted by atomic mass is 16.3. The zero-order valence-electron chi connectivity index (χ0n) is 17.9. The third kappa shape index (κ3) is 3.78. The fourth-order valence-electron chi connectivity index (χ4n) is 7.72. The molecule has 2 heteroatoms. The van der Waals surface area contributed by atoms with E-state index in [9.17, 15) is 10.2 Å². The summed E-state index contributed by atoms with van der Waals surface area (Å²) in [7, 11) is 0. The molecule has 2 nitrogen and oxygen atoms in total. The summed E-state index contributed by atoms with van der Waals surface area (Å²) >= 11 is 0. The van der Waals surface area contributed by atoms with Gasteiger partial charge in [-0.2, -0.15) is 0 Å². The molecule has 0 aromatic heterocycles. The second-order valence-electron chi connectivity index (χ2n) is 11.2. The molecule has 0 aromatic carbocycles. The van der Waals surface area contributed by atoms with E-state index in [1.807, 2.05) is 0 Å². The molecule has 8 atom stereocenters. The van der Waals surface area contributed by atoms with Gasteiger partial charge in [0.25, 0.3) is 0 Å². The van der Waals surface area contributed by atoms with Crippen molar-refractivity contribution in [1.29, 1.82) is 0 Å². The summed E-state index contributed by atoms with van der Waals surface area (Å²) in [6, 6.07) is 0. The topological polar surface area (TPSA) is 40.5 Å². The third-order valence-electron chi connectivity index (χ3n) is 9.25. The van der Waals surface area contributed by atoms with Crippen LogP contribution in [0.4, 0.5) is 0 Å². The standard InChI is InChI=1S/C25H42O2/c1-16(2)4-7-20(27)15-18-6-11-24-23-9-5-17-14-19(26)8-10-21(17)22(23)12-13-25(18,24)3/h5,16,18-24,26-27H,4,6-15H2,1-3H3/t18?,19?,20?,21?,22?,23?,24?,25-/m1/s1. The van der Waals surface area contributed by atoms with Crippen molar-refractivity contribution in [2.45, 2.75) is 104 Å². The van der Waals surface area contributed by atoms with Crippen LogP contribution in [0.2, 0.25) is 0 Å². The molecule has 4 aliphatic carbocycles. The van der Waals surface area contributed by atoms with E-state index in [0.29, 0.717) is 11.3 Å². The molecule has 3 saturated carbocycles. The average Bonchev–Trinajstić information content (AvgIpc) is 2.96. The van der Waals surface area contributed by atoms with Gasteiger partial charge >= 0.3 is 0 Å². The van der Waals surface area contributed by atoms with E-state index < -0.39 is 0 Å². The molecule has 27 heavy (non-hydrogen) atoms. The van der Waals surface area contributed by atoms with Crippen LogP contribution in [0.25, 0.3) is 0 Å². The molecule has 0 bridgehead atoms. The van der Waals surface area contributed by atoms with Crippen molar-refractivity contribution >= 4 is 0 Å². The normalized spacial score (nSPS) is 45.0. The number of aliphatic hydroxyl groups is 2. The Balaban J connectivity index is 1.44. The first kappa shape index (κ1) is 20.0. The lowest BCUT2D eigenvalue weighted by molar-refractivity contribution is -0.0283. The zero-order valence-corrected chi connectivity index (χ0v) is 17.9. The predicted octanol–water partition coefficient (Wildman–Crippen LogP) is 5.72. The fourth-order valence-corrected chi connectivity index (χ4v) is 7.72. The van der Waals surface area contributed by atoms with Gasteiger partial charge in [-0.3, -0.25) is 0 Å². The van der Waals surface area contributed by atoms with Crippen LogP contribution in [0.3, 0.4) is 0 Å². The first-order valence-corrected chi connectivity index (χ1v) is 11.9. The molecular weight excluding hydrogens is 332 g/mol. The van der Waals surface area contributed by atoms with Gasteiger partial charge in [-0.05, 0) is 112 Å². The Labute approximate surface area is 166 Å². The summed E-state index contributed by atoms with van der Waals surface area (Å²) in [5.74, 6) is 4.80. The highest BCUT2D eigenvalue weighted by Crippen LogP contribution is 2.64. The van der Waals surface area contributed by atoms with Gasteiger partial charge in [0, 0.05) is 0 Å². The van der Waals surface area contributed by atoms with Gasteiger partial charge < -0.3 is 10.2 Å². The van der Waals surface area contributed by atoms with Crippen molar-refractivity contribution in [2.24, 2.45) is 40.9 Å². The molecule has 154 valence electrons. The van der Waals surface area contributed by atoms with Crippen LogP contribution in [0.1, 0.15) is 91.4 Å². The van der Waals surface area contributed by atoms with Crippen LogP contribution in [-0.2, 0) is 0 Å². The highest BCUT2D eigenvalue weighted by molar-refractivity contribution is 5.20. The molecule has 0 amide bonds. The lowest BCUT2D eigenvalue weighted by Crippen LogP contribution is -2.46. The Bertz CT molecular complexity index is 553. The SMILES string of the molecule is CC(C)CCC(O)CC1CCC2C3CC=C4CC(O)CCC4C3CC[C@]12C. The average molecular weight is 375 g/mol. The van der Waals surface area contributed by atoms with E-state index >= 15 is 0 Å². The lowest BCUT2D eigenvalue weighted by Gasteiger charge is -2.54. The minimum atomic E-state index is -0.0941. The van der Waals surface area contributed by atoms with E-state index in [2.05, 4.69) is 26.8 Å². The molecule has 0 saturated heterocycles. The summed E-state index contributed by atoms with van der Waals surface area (Å²) in [4.78, 5) is 0. The molecule has 0 radical (unpaired) electrons. The van der Waals surface area contributed by atoms with Crippen molar-refractivity contribution in [1.82, 2.24) is 0 Å². The second-order valence-corrected chi connectivity index (χ2v) is 11.2. The number of hydrogen-bond donors (Lipinski definition) is 2. The summed E-state index contributed by atoms with van der Waals surface area (Å²) < 4.78 is 0. The molecule has 7 unspecified atom stereocenters. The Morgan fingerprint density at radius 1 is 1.07 bits per heavy atom. The predicted molar refractivity (Wildman–Crippen MR) is 111 cm³/mol. The van der Waals surface area contributed by atoms with Crippen LogP contribution in [0, 0.1) is 40.9 Å². The van der Waals surface area contributed by atoms with Crippen molar-refractivity contribution in [3.05, 3.63) is 11.6 Å². The number of allylic oxidation sites excluding steroid dienone is 1. The van der Waals surface area contributed by atoms with E-state index in [1.165, 1.54) is 38.5 Å². The molecule has 2 N–H and O–H groups in total. The highest BCUT2D eigenvalue weighted by Gasteiger charge is 2.55. The first-order valence-electron chi connectivity index (χ1n) is 11.9. The number of fused-ring (bicyclic) bond motifs is 5. The smallest absolute Gasteiger partial charge is 0.0577 e. The second kappa shape index (κ2) is 7.82. The maximum atomic E-state index is 10.6. The third-order valence-corrected chi connectivity index (χ3v) is 9.25. The van der Waals surface area contributed by atoms with Gasteiger partial charge in [-0.15, -0.1) is 0 Å². The minimum Gasteiger partial charge on any atom is -0.393 e. The van der Waals surface area contributed by atoms with E-state index in [1.54, 1.807) is 5.57 Å². The van der Waals surface area contributed by atoms with Crippen LogP contribution in [0.5, 0.6) is 0 Å². The summed E-state index contributed by atoms with van der Waals surface area (Å²) in [6.07, 6.45) is 15.4. The summed E-state index contributed by atoms with van der Waals surface area (Å²) in [5, 5.41) is 20.7. The Kier molecular flexibility index (Phi) is 5.78. The molecular formula is C25H42O2. The molecule has 0 spiro atoms. The maximum Gasteiger partial charge on any atom is 0.0577 e. The number of aliphatic hydroxyl groups excluding tert-OH is 2. The fraction of sp³-hybridized carbons (Fsp3) is 0.920. The first-order chi connectivity index (χ1) is 12.9. The van der Waals surface area contributed by atoms with Gasteiger partial charge in [0.2, 0.25) is 0 Å². The van der Waals surface area contributed by atoms with Gasteiger partial charge in [0.15, 0.2) is 0 Å². The van der Waals surface area contributed by atoms with Crippen LogP contribution >= 0.6 is 0 Å². The molecule has 0 aliphatic heterocycles. The van der Waals surface area contributed by atoms with Crippen LogP contribution in [0.15, 0.2) is 11.6 Å². The maximum absolute atomic E-state index is 10.6. The number of hydrogen-bond acceptors (Lipinski definition) is 2. The molecule has 0 aromatic rings. The quantitative estimate of drug-likeness (QED) is 0.604. The van der Waals surface area contributed by atoms with Gasteiger partial charge in [-0.25, -0.2) is 0 Å². The molecule has 4 rings (SSSR count). The van der Waals surface area contributed by atoms with Crippen molar-refractivity contribution in [3.63, 3.8) is 0 Å². The summed E-state index contributed by atoms with van der Waals surface area (Å²) in [6.45, 7) is 7.09. The van der Waals surface area contributed by atoms with Gasteiger partial charge in [-0.1, -0.05) is 32.4 Å². The Hall–Kier alpha value is -0.340. The van der Waals surface area contributed by atoms with Crippen molar-refractivity contribution < 1.29 is 10.2 Å². The van der Waals surface area contributed by atoms with Crippen LogP contribution < -0.4 is 0 Å². The Morgan fingerprint density at radius 2 is 1.89 bits per heavy atom. The monoisotopic (exact) mass is 374 g/mol. The lowest BCUT2D eigenvalue weighted by atomic mass is 9.51. The largest absolute Gasteiger partial charge is 0.393 e. The van der Waals surface area contributed by atoms with E-state index in [4.69, 9.17) is 0 Å². The van der Waals surface area contributed by atoms with E-state index in [-0.39, 0.29) is 12.2 Å².